The number of carbonyl (C=O) groups is 1. The lowest BCUT2D eigenvalue weighted by Gasteiger charge is -2.10. The second-order valence-electron chi connectivity index (χ2n) is 4.92. The number of amides is 1. The van der Waals surface area contributed by atoms with Gasteiger partial charge < -0.3 is 15.8 Å². The summed E-state index contributed by atoms with van der Waals surface area (Å²) in [6, 6.07) is 12.9. The van der Waals surface area contributed by atoms with Gasteiger partial charge in [-0.05, 0) is 43.2 Å². The molecule has 0 aliphatic carbocycles. The van der Waals surface area contributed by atoms with Crippen molar-refractivity contribution in [1.29, 1.82) is 0 Å². The van der Waals surface area contributed by atoms with Crippen LogP contribution in [0, 0.1) is 13.8 Å². The van der Waals surface area contributed by atoms with Crippen molar-refractivity contribution >= 4 is 11.6 Å². The highest BCUT2D eigenvalue weighted by molar-refractivity contribution is 5.95. The van der Waals surface area contributed by atoms with Crippen molar-refractivity contribution in [2.75, 3.05) is 18.9 Å². The van der Waals surface area contributed by atoms with Crippen molar-refractivity contribution < 1.29 is 9.53 Å². The maximum Gasteiger partial charge on any atom is 0.251 e. The molecule has 0 unspecified atom stereocenters. The molecule has 4 heteroatoms. The van der Waals surface area contributed by atoms with Crippen LogP contribution in [0.1, 0.15) is 21.5 Å². The Bertz CT molecular complexity index is 638. The molecule has 0 atom stereocenters. The van der Waals surface area contributed by atoms with Gasteiger partial charge >= 0.3 is 0 Å². The molecule has 0 heterocycles. The van der Waals surface area contributed by atoms with E-state index in [4.69, 9.17) is 10.5 Å². The van der Waals surface area contributed by atoms with Crippen molar-refractivity contribution in [2.24, 2.45) is 0 Å². The maximum atomic E-state index is 12.1. The third-order valence-electron chi connectivity index (χ3n) is 3.36. The van der Waals surface area contributed by atoms with Crippen LogP contribution in [-0.4, -0.2) is 19.1 Å². The van der Waals surface area contributed by atoms with E-state index in [0.29, 0.717) is 30.2 Å². The third kappa shape index (κ3) is 3.99. The second-order valence-corrected chi connectivity index (χ2v) is 4.92. The highest BCUT2D eigenvalue weighted by Gasteiger charge is 2.09. The quantitative estimate of drug-likeness (QED) is 0.655. The molecular weight excluding hydrogens is 264 g/mol. The van der Waals surface area contributed by atoms with Gasteiger partial charge in [-0.2, -0.15) is 0 Å². The fourth-order valence-corrected chi connectivity index (χ4v) is 2.03. The van der Waals surface area contributed by atoms with Crippen LogP contribution < -0.4 is 15.8 Å². The van der Waals surface area contributed by atoms with Crippen molar-refractivity contribution in [1.82, 2.24) is 5.32 Å². The van der Waals surface area contributed by atoms with Gasteiger partial charge in [-0.3, -0.25) is 4.79 Å². The van der Waals surface area contributed by atoms with Crippen LogP contribution in [0.4, 0.5) is 5.69 Å². The minimum absolute atomic E-state index is 0.0765. The van der Waals surface area contributed by atoms with E-state index in [0.717, 1.165) is 11.1 Å². The molecule has 0 radical (unpaired) electrons. The molecule has 0 aliphatic heterocycles. The number of aryl methyl sites for hydroxylation is 1. The molecule has 4 nitrogen and oxygen atoms in total. The first-order valence-electron chi connectivity index (χ1n) is 6.90. The number of ether oxygens (including phenoxy) is 1. The van der Waals surface area contributed by atoms with Gasteiger partial charge in [0.1, 0.15) is 12.4 Å². The molecule has 0 saturated heterocycles. The fourth-order valence-electron chi connectivity index (χ4n) is 2.03. The zero-order valence-electron chi connectivity index (χ0n) is 12.3. The largest absolute Gasteiger partial charge is 0.492 e. The molecule has 110 valence electrons. The topological polar surface area (TPSA) is 64.3 Å². The predicted octanol–water partition coefficient (Wildman–Crippen LogP) is 2.69. The average molecular weight is 284 g/mol. The Balaban J connectivity index is 1.83. The summed E-state index contributed by atoms with van der Waals surface area (Å²) < 4.78 is 5.53. The number of rotatable bonds is 5. The Morgan fingerprint density at radius 3 is 2.71 bits per heavy atom. The van der Waals surface area contributed by atoms with Gasteiger partial charge in [-0.1, -0.05) is 18.2 Å². The first kappa shape index (κ1) is 14.9. The molecule has 2 rings (SSSR count). The molecular formula is C17H20N2O2. The molecule has 0 saturated carbocycles. The molecule has 0 spiro atoms. The summed E-state index contributed by atoms with van der Waals surface area (Å²) in [5.74, 6) is 0.628. The van der Waals surface area contributed by atoms with Crippen LogP contribution in [0.25, 0.3) is 0 Å². The second kappa shape index (κ2) is 6.79. The lowest BCUT2D eigenvalue weighted by molar-refractivity contribution is 0.0946. The maximum absolute atomic E-state index is 12.1. The number of hydrogen-bond acceptors (Lipinski definition) is 3. The van der Waals surface area contributed by atoms with E-state index >= 15 is 0 Å². The Morgan fingerprint density at radius 2 is 1.95 bits per heavy atom. The van der Waals surface area contributed by atoms with Gasteiger partial charge in [0.05, 0.1) is 6.54 Å². The van der Waals surface area contributed by atoms with Crippen LogP contribution in [0.15, 0.2) is 42.5 Å². The summed E-state index contributed by atoms with van der Waals surface area (Å²) in [7, 11) is 0. The zero-order chi connectivity index (χ0) is 15.2. The molecule has 1 amide bonds. The van der Waals surface area contributed by atoms with E-state index in [1.807, 2.05) is 44.2 Å². The summed E-state index contributed by atoms with van der Waals surface area (Å²) in [5.41, 5.74) is 9.15. The van der Waals surface area contributed by atoms with Crippen LogP contribution in [-0.2, 0) is 0 Å². The van der Waals surface area contributed by atoms with Crippen LogP contribution in [0.3, 0.4) is 0 Å². The summed E-state index contributed by atoms with van der Waals surface area (Å²) >= 11 is 0. The Morgan fingerprint density at radius 1 is 1.19 bits per heavy atom. The Labute approximate surface area is 124 Å². The summed E-state index contributed by atoms with van der Waals surface area (Å²) in [6.07, 6.45) is 0. The fraction of sp³-hybridized carbons (Fsp3) is 0.235. The van der Waals surface area contributed by atoms with E-state index in [1.54, 1.807) is 12.1 Å². The van der Waals surface area contributed by atoms with E-state index in [2.05, 4.69) is 5.32 Å². The predicted molar refractivity (Wildman–Crippen MR) is 84.6 cm³/mol. The smallest absolute Gasteiger partial charge is 0.251 e. The number of nitrogen functional groups attached to an aromatic ring is 1. The van der Waals surface area contributed by atoms with Gasteiger partial charge in [-0.15, -0.1) is 0 Å². The normalized spacial score (nSPS) is 10.2. The van der Waals surface area contributed by atoms with Gasteiger partial charge in [-0.25, -0.2) is 0 Å². The molecule has 0 bridgehead atoms. The average Bonchev–Trinajstić information content (AvgIpc) is 2.46. The van der Waals surface area contributed by atoms with Crippen molar-refractivity contribution in [2.45, 2.75) is 13.8 Å². The zero-order valence-corrected chi connectivity index (χ0v) is 12.3. The van der Waals surface area contributed by atoms with Crippen molar-refractivity contribution in [3.63, 3.8) is 0 Å². The van der Waals surface area contributed by atoms with Gasteiger partial charge in [0.15, 0.2) is 0 Å². The molecule has 2 aromatic carbocycles. The van der Waals surface area contributed by atoms with Gasteiger partial charge in [0, 0.05) is 17.3 Å². The summed E-state index contributed by atoms with van der Waals surface area (Å²) in [6.45, 7) is 4.80. The first-order chi connectivity index (χ1) is 10.1. The van der Waals surface area contributed by atoms with Crippen LogP contribution in [0.2, 0.25) is 0 Å². The lowest BCUT2D eigenvalue weighted by atomic mass is 10.0. The SMILES string of the molecule is Cc1cccc(C(=O)NCCOc2cccc(N)c2)c1C. The minimum atomic E-state index is -0.0765. The van der Waals surface area contributed by atoms with E-state index in [1.165, 1.54) is 0 Å². The van der Waals surface area contributed by atoms with Crippen LogP contribution in [0.5, 0.6) is 5.75 Å². The van der Waals surface area contributed by atoms with Gasteiger partial charge in [0.25, 0.3) is 5.91 Å². The molecule has 0 aliphatic rings. The molecule has 0 fully saturated rings. The van der Waals surface area contributed by atoms with Gasteiger partial charge in [0.2, 0.25) is 0 Å². The number of hydrogen-bond donors (Lipinski definition) is 2. The van der Waals surface area contributed by atoms with E-state index in [9.17, 15) is 4.79 Å². The van der Waals surface area contributed by atoms with Crippen molar-refractivity contribution in [3.8, 4) is 5.75 Å². The highest BCUT2D eigenvalue weighted by Crippen LogP contribution is 2.14. The number of nitrogens with one attached hydrogen (secondary N) is 1. The summed E-state index contributed by atoms with van der Waals surface area (Å²) in [4.78, 5) is 12.1. The standard InChI is InChI=1S/C17H20N2O2/c1-12-5-3-8-16(13(12)2)17(20)19-9-10-21-15-7-4-6-14(18)11-15/h3-8,11H,9-10,18H2,1-2H3,(H,19,20). The third-order valence-corrected chi connectivity index (χ3v) is 3.36. The van der Waals surface area contributed by atoms with Crippen LogP contribution >= 0.6 is 0 Å². The number of benzene rings is 2. The molecule has 3 N–H and O–H groups in total. The Hall–Kier alpha value is -2.49. The minimum Gasteiger partial charge on any atom is -0.492 e. The number of nitrogens with two attached hydrogens (primary N) is 1. The molecule has 2 aromatic rings. The summed E-state index contributed by atoms with van der Waals surface area (Å²) in [5, 5.41) is 2.86. The number of anilines is 1. The first-order valence-corrected chi connectivity index (χ1v) is 6.90. The van der Waals surface area contributed by atoms with E-state index in [-0.39, 0.29) is 5.91 Å². The lowest BCUT2D eigenvalue weighted by Crippen LogP contribution is -2.28. The monoisotopic (exact) mass is 284 g/mol. The Kier molecular flexibility index (Phi) is 4.82. The highest BCUT2D eigenvalue weighted by atomic mass is 16.5. The van der Waals surface area contributed by atoms with Crippen molar-refractivity contribution in [3.05, 3.63) is 59.2 Å². The molecule has 0 aromatic heterocycles. The number of carbonyl (C=O) groups excluding carboxylic acids is 1. The molecule has 21 heavy (non-hydrogen) atoms. The van der Waals surface area contributed by atoms with E-state index < -0.39 is 0 Å².